The van der Waals surface area contributed by atoms with Crippen molar-refractivity contribution in [3.05, 3.63) is 52.5 Å². The molecule has 24 heavy (non-hydrogen) atoms. The van der Waals surface area contributed by atoms with E-state index in [0.717, 1.165) is 16.8 Å². The van der Waals surface area contributed by atoms with Gasteiger partial charge in [-0.1, -0.05) is 23.7 Å². The van der Waals surface area contributed by atoms with Gasteiger partial charge in [0.25, 0.3) is 0 Å². The summed E-state index contributed by atoms with van der Waals surface area (Å²) < 4.78 is 10.6. The molecule has 0 saturated heterocycles. The van der Waals surface area contributed by atoms with Crippen LogP contribution >= 0.6 is 23.8 Å². The number of benzene rings is 2. The smallest absolute Gasteiger partial charge is 0.171 e. The van der Waals surface area contributed by atoms with Crippen molar-refractivity contribution in [2.45, 2.75) is 19.9 Å². The predicted octanol–water partition coefficient (Wildman–Crippen LogP) is 4.71. The molecule has 0 aliphatic carbocycles. The Hall–Kier alpha value is -1.98. The quantitative estimate of drug-likeness (QED) is 0.752. The zero-order valence-electron chi connectivity index (χ0n) is 14.1. The first-order valence-electron chi connectivity index (χ1n) is 7.50. The van der Waals surface area contributed by atoms with E-state index in [1.54, 1.807) is 14.2 Å². The van der Waals surface area contributed by atoms with E-state index in [1.165, 1.54) is 0 Å². The molecule has 0 fully saturated rings. The van der Waals surface area contributed by atoms with Crippen LogP contribution in [0, 0.1) is 6.92 Å². The van der Waals surface area contributed by atoms with Gasteiger partial charge in [0.2, 0.25) is 0 Å². The Morgan fingerprint density at radius 3 is 2.50 bits per heavy atom. The highest BCUT2D eigenvalue weighted by atomic mass is 35.5. The van der Waals surface area contributed by atoms with Crippen molar-refractivity contribution >= 4 is 34.6 Å². The molecule has 0 spiro atoms. The zero-order chi connectivity index (χ0) is 17.7. The van der Waals surface area contributed by atoms with Crippen LogP contribution in [0.3, 0.4) is 0 Å². The molecule has 4 nitrogen and oxygen atoms in total. The van der Waals surface area contributed by atoms with E-state index < -0.39 is 0 Å². The van der Waals surface area contributed by atoms with Crippen molar-refractivity contribution in [3.63, 3.8) is 0 Å². The van der Waals surface area contributed by atoms with Crippen LogP contribution in [0.2, 0.25) is 5.02 Å². The highest BCUT2D eigenvalue weighted by Gasteiger charge is 2.12. The normalized spacial score (nSPS) is 11.5. The molecule has 1 atom stereocenters. The van der Waals surface area contributed by atoms with Crippen molar-refractivity contribution in [1.29, 1.82) is 0 Å². The molecule has 2 N–H and O–H groups in total. The molecule has 2 aromatic carbocycles. The Morgan fingerprint density at radius 2 is 1.83 bits per heavy atom. The summed E-state index contributed by atoms with van der Waals surface area (Å²) in [5.74, 6) is 1.39. The van der Waals surface area contributed by atoms with Crippen molar-refractivity contribution in [1.82, 2.24) is 5.32 Å². The molecular formula is C18H21ClN2O2S. The molecule has 0 bridgehead atoms. The number of anilines is 1. The topological polar surface area (TPSA) is 42.5 Å². The Morgan fingerprint density at radius 1 is 1.12 bits per heavy atom. The number of methoxy groups -OCH3 is 2. The van der Waals surface area contributed by atoms with Gasteiger partial charge < -0.3 is 20.1 Å². The molecule has 0 aliphatic heterocycles. The number of ether oxygens (including phenoxy) is 2. The fourth-order valence-corrected chi connectivity index (χ4v) is 2.76. The molecule has 0 aliphatic rings. The van der Waals surface area contributed by atoms with E-state index in [-0.39, 0.29) is 6.04 Å². The lowest BCUT2D eigenvalue weighted by Crippen LogP contribution is -2.31. The second-order valence-corrected chi connectivity index (χ2v) is 6.16. The van der Waals surface area contributed by atoms with Gasteiger partial charge in [0.1, 0.15) is 0 Å². The minimum Gasteiger partial charge on any atom is -0.493 e. The molecule has 0 amide bonds. The summed E-state index contributed by atoms with van der Waals surface area (Å²) in [6.07, 6.45) is 0. The van der Waals surface area contributed by atoms with E-state index >= 15 is 0 Å². The minimum absolute atomic E-state index is 0.00398. The summed E-state index contributed by atoms with van der Waals surface area (Å²) in [5, 5.41) is 7.68. The Labute approximate surface area is 153 Å². The average Bonchev–Trinajstić information content (AvgIpc) is 2.58. The van der Waals surface area contributed by atoms with Crippen LogP contribution < -0.4 is 20.1 Å². The molecule has 0 saturated carbocycles. The number of hydrogen-bond acceptors (Lipinski definition) is 3. The summed E-state index contributed by atoms with van der Waals surface area (Å²) in [6.45, 7) is 3.98. The molecular weight excluding hydrogens is 344 g/mol. The van der Waals surface area contributed by atoms with Crippen LogP contribution in [-0.4, -0.2) is 19.3 Å². The molecule has 0 heterocycles. The fourth-order valence-electron chi connectivity index (χ4n) is 2.30. The van der Waals surface area contributed by atoms with Crippen LogP contribution in [0.5, 0.6) is 11.5 Å². The van der Waals surface area contributed by atoms with Gasteiger partial charge >= 0.3 is 0 Å². The molecule has 2 rings (SSSR count). The van der Waals surface area contributed by atoms with E-state index in [9.17, 15) is 0 Å². The third-order valence-corrected chi connectivity index (χ3v) is 4.40. The zero-order valence-corrected chi connectivity index (χ0v) is 15.7. The van der Waals surface area contributed by atoms with E-state index in [2.05, 4.69) is 10.6 Å². The monoisotopic (exact) mass is 364 g/mol. The first-order valence-corrected chi connectivity index (χ1v) is 8.29. The Balaban J connectivity index is 2.07. The van der Waals surface area contributed by atoms with Crippen LogP contribution in [0.15, 0.2) is 36.4 Å². The molecule has 2 aromatic rings. The van der Waals surface area contributed by atoms with Gasteiger partial charge in [-0.05, 0) is 61.5 Å². The lowest BCUT2D eigenvalue weighted by molar-refractivity contribution is 0.354. The summed E-state index contributed by atoms with van der Waals surface area (Å²) in [5.41, 5.74) is 2.89. The predicted molar refractivity (Wildman–Crippen MR) is 104 cm³/mol. The second kappa shape index (κ2) is 8.22. The third-order valence-electron chi connectivity index (χ3n) is 3.77. The maximum Gasteiger partial charge on any atom is 0.171 e. The maximum atomic E-state index is 6.13. The van der Waals surface area contributed by atoms with Crippen LogP contribution in [0.1, 0.15) is 24.1 Å². The van der Waals surface area contributed by atoms with E-state index in [1.807, 2.05) is 50.2 Å². The van der Waals surface area contributed by atoms with Crippen molar-refractivity contribution in [3.8, 4) is 11.5 Å². The lowest BCUT2D eigenvalue weighted by Gasteiger charge is -2.19. The third kappa shape index (κ3) is 4.30. The molecule has 0 aromatic heterocycles. The molecule has 0 radical (unpaired) electrons. The Kier molecular flexibility index (Phi) is 6.29. The highest BCUT2D eigenvalue weighted by molar-refractivity contribution is 7.80. The minimum atomic E-state index is 0.00398. The van der Waals surface area contributed by atoms with Gasteiger partial charge in [0.05, 0.1) is 20.3 Å². The summed E-state index contributed by atoms with van der Waals surface area (Å²) >= 11 is 11.5. The molecule has 128 valence electrons. The summed E-state index contributed by atoms with van der Waals surface area (Å²) in [4.78, 5) is 0. The van der Waals surface area contributed by atoms with E-state index in [0.29, 0.717) is 21.6 Å². The number of hydrogen-bond donors (Lipinski definition) is 2. The van der Waals surface area contributed by atoms with Crippen LogP contribution in [-0.2, 0) is 0 Å². The van der Waals surface area contributed by atoms with Gasteiger partial charge in [-0.25, -0.2) is 0 Å². The van der Waals surface area contributed by atoms with Crippen molar-refractivity contribution in [2.75, 3.05) is 19.5 Å². The van der Waals surface area contributed by atoms with Gasteiger partial charge in [-0.2, -0.15) is 0 Å². The lowest BCUT2D eigenvalue weighted by atomic mass is 10.1. The van der Waals surface area contributed by atoms with Gasteiger partial charge in [0, 0.05) is 10.7 Å². The average molecular weight is 365 g/mol. The number of halogens is 1. The van der Waals surface area contributed by atoms with Gasteiger partial charge in [-0.3, -0.25) is 0 Å². The van der Waals surface area contributed by atoms with Gasteiger partial charge in [-0.15, -0.1) is 0 Å². The maximum absolute atomic E-state index is 6.13. The number of thiocarbonyl (C=S) groups is 1. The summed E-state index contributed by atoms with van der Waals surface area (Å²) in [6, 6.07) is 11.5. The SMILES string of the molecule is COc1ccc(C(C)NC(=S)Nc2cccc(Cl)c2C)cc1OC. The standard InChI is InChI=1S/C18H21ClN2O2S/c1-11-14(19)6-5-7-15(11)21-18(24)20-12(2)13-8-9-16(22-3)17(10-13)23-4/h5-10,12H,1-4H3,(H2,20,21,24). The molecule has 1 unspecified atom stereocenters. The number of nitrogens with one attached hydrogen (secondary N) is 2. The first-order chi connectivity index (χ1) is 11.5. The van der Waals surface area contributed by atoms with Crippen LogP contribution in [0.4, 0.5) is 5.69 Å². The fraction of sp³-hybridized carbons (Fsp3) is 0.278. The van der Waals surface area contributed by atoms with Crippen molar-refractivity contribution in [2.24, 2.45) is 0 Å². The van der Waals surface area contributed by atoms with Crippen LogP contribution in [0.25, 0.3) is 0 Å². The molecule has 6 heteroatoms. The van der Waals surface area contributed by atoms with Crippen molar-refractivity contribution < 1.29 is 9.47 Å². The number of rotatable bonds is 5. The highest BCUT2D eigenvalue weighted by Crippen LogP contribution is 2.30. The van der Waals surface area contributed by atoms with Gasteiger partial charge in [0.15, 0.2) is 16.6 Å². The Bertz CT molecular complexity index is 737. The summed E-state index contributed by atoms with van der Waals surface area (Å²) in [7, 11) is 3.24. The second-order valence-electron chi connectivity index (χ2n) is 5.35. The first kappa shape index (κ1) is 18.4. The van der Waals surface area contributed by atoms with E-state index in [4.69, 9.17) is 33.3 Å². The largest absolute Gasteiger partial charge is 0.493 e.